The van der Waals surface area contributed by atoms with Gasteiger partial charge in [0.15, 0.2) is 8.32 Å². The van der Waals surface area contributed by atoms with Gasteiger partial charge in [0.25, 0.3) is 0 Å². The minimum Gasteiger partial charge on any atom is -0.420 e. The second kappa shape index (κ2) is 6.66. The minimum atomic E-state index is -1.30. The molecule has 0 unspecified atom stereocenters. The van der Waals surface area contributed by atoms with Gasteiger partial charge >= 0.3 is 0 Å². The number of hydrogen-bond acceptors (Lipinski definition) is 2. The van der Waals surface area contributed by atoms with E-state index in [0.717, 1.165) is 6.04 Å². The Kier molecular flexibility index (Phi) is 5.86. The molecule has 0 aliphatic heterocycles. The van der Waals surface area contributed by atoms with Gasteiger partial charge in [0.05, 0.1) is 0 Å². The van der Waals surface area contributed by atoms with Gasteiger partial charge in [0.2, 0.25) is 0 Å². The molecule has 0 bridgehead atoms. The van der Waals surface area contributed by atoms with E-state index in [4.69, 9.17) is 4.43 Å². The van der Waals surface area contributed by atoms with Crippen molar-refractivity contribution in [1.29, 1.82) is 0 Å². The van der Waals surface area contributed by atoms with Crippen LogP contribution in [0.25, 0.3) is 0 Å². The Hall–Kier alpha value is 0.137. The molecule has 0 amide bonds. The molecule has 2 nitrogen and oxygen atoms in total. The van der Waals surface area contributed by atoms with Crippen molar-refractivity contribution in [2.45, 2.75) is 63.7 Å². The maximum Gasteiger partial charge on any atom is 0.186 e. The minimum absolute atomic E-state index is 0.811. The average molecular weight is 229 g/mol. The van der Waals surface area contributed by atoms with Crippen LogP contribution in [-0.4, -0.2) is 28.0 Å². The SMILES string of the molecule is CO[Si](C)(C)CCCNC1CCCCC1. The Labute approximate surface area is 95.9 Å². The molecule has 1 aliphatic rings. The summed E-state index contributed by atoms with van der Waals surface area (Å²) >= 11 is 0. The molecule has 1 saturated carbocycles. The Morgan fingerprint density at radius 2 is 1.87 bits per heavy atom. The van der Waals surface area contributed by atoms with Gasteiger partial charge in [-0.25, -0.2) is 0 Å². The molecule has 0 aromatic carbocycles. The van der Waals surface area contributed by atoms with Gasteiger partial charge < -0.3 is 9.74 Å². The Morgan fingerprint density at radius 3 is 2.47 bits per heavy atom. The first-order chi connectivity index (χ1) is 7.14. The zero-order chi connectivity index (χ0) is 11.1. The summed E-state index contributed by atoms with van der Waals surface area (Å²) in [6, 6.07) is 2.09. The molecule has 0 aromatic rings. The van der Waals surface area contributed by atoms with Gasteiger partial charge in [-0.05, 0) is 44.9 Å². The first kappa shape index (κ1) is 13.2. The third-order valence-electron chi connectivity index (χ3n) is 3.55. The van der Waals surface area contributed by atoms with E-state index in [-0.39, 0.29) is 0 Å². The molecule has 0 atom stereocenters. The molecule has 0 aromatic heterocycles. The lowest BCUT2D eigenvalue weighted by Crippen LogP contribution is -2.34. The summed E-state index contributed by atoms with van der Waals surface area (Å²) in [6.45, 7) is 5.78. The van der Waals surface area contributed by atoms with Crippen molar-refractivity contribution in [3.8, 4) is 0 Å². The molecular formula is C12H27NOSi. The van der Waals surface area contributed by atoms with Gasteiger partial charge in [-0.2, -0.15) is 0 Å². The molecule has 1 aliphatic carbocycles. The van der Waals surface area contributed by atoms with Gasteiger partial charge in [-0.15, -0.1) is 0 Å². The first-order valence-electron chi connectivity index (χ1n) is 6.42. The molecular weight excluding hydrogens is 202 g/mol. The van der Waals surface area contributed by atoms with Crippen molar-refractivity contribution >= 4 is 8.32 Å². The van der Waals surface area contributed by atoms with Crippen molar-refractivity contribution in [2.75, 3.05) is 13.7 Å². The molecule has 0 heterocycles. The van der Waals surface area contributed by atoms with Gasteiger partial charge in [-0.3, -0.25) is 0 Å². The van der Waals surface area contributed by atoms with Crippen LogP contribution in [0.2, 0.25) is 19.1 Å². The highest BCUT2D eigenvalue weighted by Gasteiger charge is 2.19. The van der Waals surface area contributed by atoms with Crippen LogP contribution >= 0.6 is 0 Å². The van der Waals surface area contributed by atoms with E-state index in [2.05, 4.69) is 18.4 Å². The monoisotopic (exact) mass is 229 g/mol. The van der Waals surface area contributed by atoms with Crippen molar-refractivity contribution < 1.29 is 4.43 Å². The van der Waals surface area contributed by atoms with E-state index in [1.165, 1.54) is 51.1 Å². The van der Waals surface area contributed by atoms with E-state index in [9.17, 15) is 0 Å². The fraction of sp³-hybridized carbons (Fsp3) is 1.00. The van der Waals surface area contributed by atoms with Crippen molar-refractivity contribution in [2.24, 2.45) is 0 Å². The van der Waals surface area contributed by atoms with E-state index in [1.54, 1.807) is 0 Å². The topological polar surface area (TPSA) is 21.3 Å². The summed E-state index contributed by atoms with van der Waals surface area (Å²) in [5.74, 6) is 0. The standard InChI is InChI=1S/C12H27NOSi/c1-14-15(2,3)11-7-10-13-12-8-5-4-6-9-12/h12-13H,4-11H2,1-3H3. The van der Waals surface area contributed by atoms with Crippen LogP contribution in [-0.2, 0) is 4.43 Å². The molecule has 0 spiro atoms. The molecule has 1 rings (SSSR count). The second-order valence-corrected chi connectivity index (χ2v) is 9.78. The lowest BCUT2D eigenvalue weighted by Gasteiger charge is -2.24. The fourth-order valence-electron chi connectivity index (χ4n) is 2.23. The summed E-state index contributed by atoms with van der Waals surface area (Å²) in [5, 5.41) is 3.68. The third kappa shape index (κ3) is 5.69. The lowest BCUT2D eigenvalue weighted by molar-refractivity contribution is 0.370. The highest BCUT2D eigenvalue weighted by atomic mass is 28.4. The van der Waals surface area contributed by atoms with Crippen molar-refractivity contribution in [3.63, 3.8) is 0 Å². The average Bonchev–Trinajstić information content (AvgIpc) is 2.26. The molecule has 1 fully saturated rings. The third-order valence-corrected chi connectivity index (χ3v) is 6.21. The lowest BCUT2D eigenvalue weighted by atomic mass is 9.95. The van der Waals surface area contributed by atoms with E-state index >= 15 is 0 Å². The molecule has 0 saturated heterocycles. The Bertz CT molecular complexity index is 167. The van der Waals surface area contributed by atoms with Gasteiger partial charge in [0.1, 0.15) is 0 Å². The summed E-state index contributed by atoms with van der Waals surface area (Å²) in [6.07, 6.45) is 8.37. The van der Waals surface area contributed by atoms with Crippen LogP contribution in [0.15, 0.2) is 0 Å². The van der Waals surface area contributed by atoms with Gasteiger partial charge in [-0.1, -0.05) is 19.3 Å². The largest absolute Gasteiger partial charge is 0.420 e. The highest BCUT2D eigenvalue weighted by molar-refractivity contribution is 6.71. The maximum absolute atomic E-state index is 5.54. The second-order valence-electron chi connectivity index (χ2n) is 5.36. The zero-order valence-electron chi connectivity index (χ0n) is 10.6. The molecule has 1 N–H and O–H groups in total. The van der Waals surface area contributed by atoms with Crippen molar-refractivity contribution in [1.82, 2.24) is 5.32 Å². The maximum atomic E-state index is 5.54. The number of rotatable bonds is 6. The van der Waals surface area contributed by atoms with Crippen LogP contribution in [0.3, 0.4) is 0 Å². The van der Waals surface area contributed by atoms with Crippen molar-refractivity contribution in [3.05, 3.63) is 0 Å². The predicted molar refractivity (Wildman–Crippen MR) is 68.8 cm³/mol. The normalized spacial score (nSPS) is 19.4. The summed E-state index contributed by atoms with van der Waals surface area (Å²) in [4.78, 5) is 0. The van der Waals surface area contributed by atoms with Crippen LogP contribution in [0.5, 0.6) is 0 Å². The molecule has 15 heavy (non-hydrogen) atoms. The quantitative estimate of drug-likeness (QED) is 0.558. The van der Waals surface area contributed by atoms with Crippen LogP contribution in [0.1, 0.15) is 38.5 Å². The van der Waals surface area contributed by atoms with E-state index in [0.29, 0.717) is 0 Å². The smallest absolute Gasteiger partial charge is 0.186 e. The number of hydrogen-bond donors (Lipinski definition) is 1. The molecule has 3 heteroatoms. The molecule has 90 valence electrons. The number of nitrogens with one attached hydrogen (secondary N) is 1. The summed E-state index contributed by atoms with van der Waals surface area (Å²) in [5.41, 5.74) is 0. The zero-order valence-corrected chi connectivity index (χ0v) is 11.6. The van der Waals surface area contributed by atoms with E-state index in [1.807, 2.05) is 7.11 Å². The van der Waals surface area contributed by atoms with E-state index < -0.39 is 8.32 Å². The van der Waals surface area contributed by atoms with Crippen LogP contribution < -0.4 is 5.32 Å². The van der Waals surface area contributed by atoms with Crippen LogP contribution in [0, 0.1) is 0 Å². The fourth-order valence-corrected chi connectivity index (χ4v) is 3.46. The first-order valence-corrected chi connectivity index (χ1v) is 9.54. The van der Waals surface area contributed by atoms with Gasteiger partial charge in [0, 0.05) is 13.2 Å². The summed E-state index contributed by atoms with van der Waals surface area (Å²) < 4.78 is 5.54. The Balaban J connectivity index is 2.00. The van der Waals surface area contributed by atoms with Crippen LogP contribution in [0.4, 0.5) is 0 Å². The summed E-state index contributed by atoms with van der Waals surface area (Å²) in [7, 11) is 0.558. The highest BCUT2D eigenvalue weighted by Crippen LogP contribution is 2.17. The predicted octanol–water partition coefficient (Wildman–Crippen LogP) is 3.15. The molecule has 0 radical (unpaired) electrons. The Morgan fingerprint density at radius 1 is 1.20 bits per heavy atom.